The van der Waals surface area contributed by atoms with E-state index in [1.54, 1.807) is 25.2 Å². The molecule has 0 atom stereocenters. The van der Waals surface area contributed by atoms with Crippen LogP contribution in [0.25, 0.3) is 0 Å². The lowest BCUT2D eigenvalue weighted by Gasteiger charge is -2.26. The molecule has 17 heavy (non-hydrogen) atoms. The summed E-state index contributed by atoms with van der Waals surface area (Å²) in [4.78, 5) is 11.5. The number of amides is 1. The number of benzene rings is 1. The second kappa shape index (κ2) is 5.77. The van der Waals surface area contributed by atoms with Gasteiger partial charge in [0, 0.05) is 5.54 Å². The van der Waals surface area contributed by atoms with E-state index in [-0.39, 0.29) is 18.3 Å². The molecule has 0 unspecified atom stereocenters. The highest BCUT2D eigenvalue weighted by atomic mass is 19.1. The Morgan fingerprint density at radius 2 is 2.00 bits per heavy atom. The first kappa shape index (κ1) is 13.6. The van der Waals surface area contributed by atoms with E-state index in [2.05, 4.69) is 10.6 Å². The van der Waals surface area contributed by atoms with E-state index >= 15 is 0 Å². The quantitative estimate of drug-likeness (QED) is 0.816. The van der Waals surface area contributed by atoms with Gasteiger partial charge in [0.1, 0.15) is 5.82 Å². The Morgan fingerprint density at radius 1 is 1.35 bits per heavy atom. The summed E-state index contributed by atoms with van der Waals surface area (Å²) in [6.07, 6.45) is 0.467. The molecule has 4 heteroatoms. The number of hydrogen-bond acceptors (Lipinski definition) is 2. The van der Waals surface area contributed by atoms with Crippen molar-refractivity contribution in [3.05, 3.63) is 35.6 Å². The molecule has 0 saturated carbocycles. The Morgan fingerprint density at radius 3 is 2.59 bits per heavy atom. The van der Waals surface area contributed by atoms with Gasteiger partial charge in [0.25, 0.3) is 0 Å². The number of carbonyl (C=O) groups is 1. The average molecular weight is 238 g/mol. The summed E-state index contributed by atoms with van der Waals surface area (Å²) in [7, 11) is 1.71. The number of hydrogen-bond donors (Lipinski definition) is 2. The lowest BCUT2D eigenvalue weighted by Crippen LogP contribution is -2.48. The molecule has 0 saturated heterocycles. The van der Waals surface area contributed by atoms with Crippen molar-refractivity contribution in [3.8, 4) is 0 Å². The van der Waals surface area contributed by atoms with Gasteiger partial charge in [-0.1, -0.05) is 18.2 Å². The number of halogens is 1. The molecule has 94 valence electrons. The minimum atomic E-state index is -0.462. The van der Waals surface area contributed by atoms with E-state index in [1.165, 1.54) is 6.07 Å². The second-order valence-corrected chi connectivity index (χ2v) is 4.73. The molecule has 0 spiro atoms. The highest BCUT2D eigenvalue weighted by Gasteiger charge is 2.21. The Hall–Kier alpha value is -1.42. The molecule has 0 aliphatic carbocycles. The van der Waals surface area contributed by atoms with Gasteiger partial charge in [-0.2, -0.15) is 0 Å². The highest BCUT2D eigenvalue weighted by Crippen LogP contribution is 2.15. The van der Waals surface area contributed by atoms with Crippen LogP contribution in [0.5, 0.6) is 0 Å². The largest absolute Gasteiger partial charge is 0.350 e. The molecule has 0 aromatic heterocycles. The summed E-state index contributed by atoms with van der Waals surface area (Å²) >= 11 is 0. The summed E-state index contributed by atoms with van der Waals surface area (Å²) in [5.41, 5.74) is 0.151. The molecule has 0 bridgehead atoms. The zero-order chi connectivity index (χ0) is 12.9. The van der Waals surface area contributed by atoms with Crippen molar-refractivity contribution in [2.45, 2.75) is 25.8 Å². The van der Waals surface area contributed by atoms with Crippen LogP contribution in [0.15, 0.2) is 24.3 Å². The SMILES string of the molecule is CNCC(=O)NC(C)(C)Cc1ccccc1F. The van der Waals surface area contributed by atoms with Crippen LogP contribution < -0.4 is 10.6 Å². The van der Waals surface area contributed by atoms with Crippen LogP contribution in [0.2, 0.25) is 0 Å². The molecule has 3 nitrogen and oxygen atoms in total. The fourth-order valence-electron chi connectivity index (χ4n) is 1.74. The fraction of sp³-hybridized carbons (Fsp3) is 0.462. The number of rotatable bonds is 5. The fourth-order valence-corrected chi connectivity index (χ4v) is 1.74. The van der Waals surface area contributed by atoms with E-state index in [4.69, 9.17) is 0 Å². The van der Waals surface area contributed by atoms with Crippen LogP contribution in [0.1, 0.15) is 19.4 Å². The van der Waals surface area contributed by atoms with Gasteiger partial charge in [-0.3, -0.25) is 4.79 Å². The lowest BCUT2D eigenvalue weighted by atomic mass is 9.94. The minimum absolute atomic E-state index is 0.0890. The van der Waals surface area contributed by atoms with E-state index in [1.807, 2.05) is 13.8 Å². The zero-order valence-electron chi connectivity index (χ0n) is 10.5. The number of nitrogens with one attached hydrogen (secondary N) is 2. The first-order valence-corrected chi connectivity index (χ1v) is 5.63. The van der Waals surface area contributed by atoms with Crippen molar-refractivity contribution < 1.29 is 9.18 Å². The van der Waals surface area contributed by atoms with Crippen LogP contribution in [0, 0.1) is 5.82 Å². The molecule has 0 aliphatic heterocycles. The molecule has 0 heterocycles. The summed E-state index contributed by atoms with van der Waals surface area (Å²) in [6.45, 7) is 4.03. The Bertz CT molecular complexity index is 391. The molecule has 1 rings (SSSR count). The molecule has 2 N–H and O–H groups in total. The van der Waals surface area contributed by atoms with Crippen molar-refractivity contribution in [1.29, 1.82) is 0 Å². The van der Waals surface area contributed by atoms with Crippen molar-refractivity contribution in [3.63, 3.8) is 0 Å². The first-order valence-electron chi connectivity index (χ1n) is 5.63. The summed E-state index contributed by atoms with van der Waals surface area (Å²) in [5, 5.41) is 5.64. The van der Waals surface area contributed by atoms with Gasteiger partial charge in [-0.05, 0) is 38.9 Å². The van der Waals surface area contributed by atoms with Crippen LogP contribution in [-0.2, 0) is 11.2 Å². The number of likely N-dealkylation sites (N-methyl/N-ethyl adjacent to an activating group) is 1. The van der Waals surface area contributed by atoms with Gasteiger partial charge in [-0.15, -0.1) is 0 Å². The molecule has 1 aromatic rings. The molecular weight excluding hydrogens is 219 g/mol. The van der Waals surface area contributed by atoms with Crippen molar-refractivity contribution in [1.82, 2.24) is 10.6 Å². The standard InChI is InChI=1S/C13H19FN2O/c1-13(2,16-12(17)9-15-3)8-10-6-4-5-7-11(10)14/h4-7,15H,8-9H2,1-3H3,(H,16,17). The predicted molar refractivity (Wildman–Crippen MR) is 66.3 cm³/mol. The summed E-state index contributed by atoms with van der Waals surface area (Å²) < 4.78 is 13.5. The van der Waals surface area contributed by atoms with E-state index < -0.39 is 5.54 Å². The third-order valence-electron chi connectivity index (χ3n) is 2.41. The lowest BCUT2D eigenvalue weighted by molar-refractivity contribution is -0.121. The average Bonchev–Trinajstić information content (AvgIpc) is 2.20. The highest BCUT2D eigenvalue weighted by molar-refractivity contribution is 5.78. The van der Waals surface area contributed by atoms with Crippen LogP contribution in [0.4, 0.5) is 4.39 Å². The van der Waals surface area contributed by atoms with Gasteiger partial charge in [-0.25, -0.2) is 4.39 Å². The van der Waals surface area contributed by atoms with Crippen molar-refractivity contribution >= 4 is 5.91 Å². The molecule has 0 aliphatic rings. The summed E-state index contributed by atoms with van der Waals surface area (Å²) in [5.74, 6) is -0.322. The van der Waals surface area contributed by atoms with Crippen molar-refractivity contribution in [2.24, 2.45) is 0 Å². The maximum Gasteiger partial charge on any atom is 0.234 e. The van der Waals surface area contributed by atoms with Gasteiger partial charge < -0.3 is 10.6 Å². The van der Waals surface area contributed by atoms with Crippen LogP contribution in [0.3, 0.4) is 0 Å². The zero-order valence-corrected chi connectivity index (χ0v) is 10.5. The Balaban J connectivity index is 2.66. The van der Waals surface area contributed by atoms with Crippen molar-refractivity contribution in [2.75, 3.05) is 13.6 Å². The van der Waals surface area contributed by atoms with E-state index in [9.17, 15) is 9.18 Å². The third kappa shape index (κ3) is 4.53. The van der Waals surface area contributed by atoms with E-state index in [0.29, 0.717) is 12.0 Å². The number of carbonyl (C=O) groups excluding carboxylic acids is 1. The summed E-state index contributed by atoms with van der Waals surface area (Å²) in [6, 6.07) is 6.62. The minimum Gasteiger partial charge on any atom is -0.350 e. The van der Waals surface area contributed by atoms with Gasteiger partial charge in [0.15, 0.2) is 0 Å². The molecule has 0 fully saturated rings. The monoisotopic (exact) mass is 238 g/mol. The predicted octanol–water partition coefficient (Wildman–Crippen LogP) is 1.48. The Labute approximate surface area is 101 Å². The van der Waals surface area contributed by atoms with Gasteiger partial charge >= 0.3 is 0 Å². The maximum absolute atomic E-state index is 13.5. The smallest absolute Gasteiger partial charge is 0.234 e. The molecule has 1 aromatic carbocycles. The topological polar surface area (TPSA) is 41.1 Å². The maximum atomic E-state index is 13.5. The first-order chi connectivity index (χ1) is 7.94. The molecular formula is C13H19FN2O. The van der Waals surface area contributed by atoms with Crippen LogP contribution in [-0.4, -0.2) is 25.0 Å². The Kier molecular flexibility index (Phi) is 4.63. The van der Waals surface area contributed by atoms with Gasteiger partial charge in [0.2, 0.25) is 5.91 Å². The second-order valence-electron chi connectivity index (χ2n) is 4.73. The van der Waals surface area contributed by atoms with Gasteiger partial charge in [0.05, 0.1) is 6.54 Å². The normalized spacial score (nSPS) is 11.3. The van der Waals surface area contributed by atoms with Crippen LogP contribution >= 0.6 is 0 Å². The third-order valence-corrected chi connectivity index (χ3v) is 2.41. The van der Waals surface area contributed by atoms with E-state index in [0.717, 1.165) is 0 Å². The molecule has 1 amide bonds. The molecule has 0 radical (unpaired) electrons.